The molecule has 0 amide bonds. The first kappa shape index (κ1) is 12.6. The molecule has 0 radical (unpaired) electrons. The Bertz CT molecular complexity index is 299. The average molecular weight is 340 g/mol. The minimum Gasteiger partial charge on any atom is -0.496 e. The molecule has 0 saturated carbocycles. The Morgan fingerprint density at radius 3 is 1.33 bits per heavy atom. The summed E-state index contributed by atoms with van der Waals surface area (Å²) in [4.78, 5) is 0. The second-order valence-corrected chi connectivity index (χ2v) is 3.87. The standard InChI is InChI=1S/C10H12Br2O3/c1-5-8(13-4)6(2)10(15-12)7(3)9(5)14-11/h1-4H3. The minimum absolute atomic E-state index is 0.715. The van der Waals surface area contributed by atoms with Crippen molar-refractivity contribution in [3.05, 3.63) is 16.7 Å². The SMILES string of the molecule is COc1c(C)c(OBr)c(C)c(OBr)c1C. The predicted molar refractivity (Wildman–Crippen MR) is 66.3 cm³/mol. The summed E-state index contributed by atoms with van der Waals surface area (Å²) in [6, 6.07) is 0. The van der Waals surface area contributed by atoms with Gasteiger partial charge in [0.05, 0.1) is 7.11 Å². The van der Waals surface area contributed by atoms with E-state index in [0.717, 1.165) is 22.4 Å². The fourth-order valence-electron chi connectivity index (χ4n) is 1.69. The largest absolute Gasteiger partial charge is 0.496 e. The number of rotatable bonds is 3. The van der Waals surface area contributed by atoms with Crippen molar-refractivity contribution in [2.75, 3.05) is 7.11 Å². The Balaban J connectivity index is 3.57. The molecule has 3 nitrogen and oxygen atoms in total. The average Bonchev–Trinajstić information content (AvgIpc) is 2.19. The van der Waals surface area contributed by atoms with Crippen LogP contribution < -0.4 is 12.4 Å². The third-order valence-corrected chi connectivity index (χ3v) is 3.05. The Morgan fingerprint density at radius 2 is 1.07 bits per heavy atom. The predicted octanol–water partition coefficient (Wildman–Crippen LogP) is 4.00. The van der Waals surface area contributed by atoms with Gasteiger partial charge < -0.3 is 12.4 Å². The fourth-order valence-corrected chi connectivity index (χ4v) is 2.66. The summed E-state index contributed by atoms with van der Waals surface area (Å²) in [5.41, 5.74) is 2.80. The van der Waals surface area contributed by atoms with Crippen molar-refractivity contribution >= 4 is 32.5 Å². The molecule has 0 saturated heterocycles. The zero-order chi connectivity index (χ0) is 11.6. The lowest BCUT2D eigenvalue weighted by Crippen LogP contribution is -1.98. The van der Waals surface area contributed by atoms with Gasteiger partial charge in [0.25, 0.3) is 0 Å². The first-order chi connectivity index (χ1) is 7.08. The maximum absolute atomic E-state index is 5.31. The van der Waals surface area contributed by atoms with Crippen LogP contribution in [0.2, 0.25) is 0 Å². The summed E-state index contributed by atoms with van der Waals surface area (Å²) in [7, 11) is 1.63. The van der Waals surface area contributed by atoms with Crippen LogP contribution in [-0.4, -0.2) is 7.11 Å². The smallest absolute Gasteiger partial charge is 0.179 e. The Hall–Kier alpha value is -0.420. The molecule has 0 bridgehead atoms. The monoisotopic (exact) mass is 338 g/mol. The molecule has 15 heavy (non-hydrogen) atoms. The van der Waals surface area contributed by atoms with E-state index in [1.807, 2.05) is 20.8 Å². The van der Waals surface area contributed by atoms with Gasteiger partial charge in [0.1, 0.15) is 17.2 Å². The molecule has 0 unspecified atom stereocenters. The number of hydrogen-bond acceptors (Lipinski definition) is 3. The highest BCUT2D eigenvalue weighted by atomic mass is 79.9. The van der Waals surface area contributed by atoms with Gasteiger partial charge in [0.15, 0.2) is 32.5 Å². The number of benzene rings is 1. The molecule has 0 atom stereocenters. The molecule has 0 N–H and O–H groups in total. The number of hydrogen-bond donors (Lipinski definition) is 0. The van der Waals surface area contributed by atoms with Crippen LogP contribution in [0.15, 0.2) is 0 Å². The van der Waals surface area contributed by atoms with Crippen molar-refractivity contribution in [2.24, 2.45) is 0 Å². The van der Waals surface area contributed by atoms with Crippen molar-refractivity contribution in [2.45, 2.75) is 20.8 Å². The summed E-state index contributed by atoms with van der Waals surface area (Å²) in [6.07, 6.45) is 0. The quantitative estimate of drug-likeness (QED) is 0.833. The third kappa shape index (κ3) is 2.08. The van der Waals surface area contributed by atoms with Gasteiger partial charge in [-0.15, -0.1) is 0 Å². The Labute approximate surface area is 107 Å². The van der Waals surface area contributed by atoms with E-state index in [9.17, 15) is 0 Å². The lowest BCUT2D eigenvalue weighted by molar-refractivity contribution is 0.404. The highest BCUT2D eigenvalue weighted by Crippen LogP contribution is 2.43. The van der Waals surface area contributed by atoms with Crippen LogP contribution in [0.3, 0.4) is 0 Å². The van der Waals surface area contributed by atoms with Gasteiger partial charge in [0.2, 0.25) is 0 Å². The molecule has 84 valence electrons. The zero-order valence-electron chi connectivity index (χ0n) is 8.98. The van der Waals surface area contributed by atoms with Crippen LogP contribution in [0.4, 0.5) is 0 Å². The fraction of sp³-hybridized carbons (Fsp3) is 0.400. The number of methoxy groups -OCH3 is 1. The molecule has 1 rings (SSSR count). The first-order valence-corrected chi connectivity index (χ1v) is 5.62. The van der Waals surface area contributed by atoms with Crippen LogP contribution in [0.5, 0.6) is 17.2 Å². The van der Waals surface area contributed by atoms with E-state index in [1.165, 1.54) is 0 Å². The van der Waals surface area contributed by atoms with E-state index in [0.29, 0.717) is 11.5 Å². The van der Waals surface area contributed by atoms with Gasteiger partial charge in [-0.3, -0.25) is 0 Å². The highest BCUT2D eigenvalue weighted by molar-refractivity contribution is 9.06. The summed E-state index contributed by atoms with van der Waals surface area (Å²) in [5, 5.41) is 0. The van der Waals surface area contributed by atoms with Gasteiger partial charge in [-0.2, -0.15) is 0 Å². The summed E-state index contributed by atoms with van der Waals surface area (Å²) in [6.45, 7) is 5.80. The molecule has 0 aliphatic carbocycles. The molecule has 0 aliphatic rings. The van der Waals surface area contributed by atoms with Gasteiger partial charge >= 0.3 is 0 Å². The van der Waals surface area contributed by atoms with Crippen LogP contribution in [0.1, 0.15) is 16.7 Å². The molecule has 1 aromatic carbocycles. The van der Waals surface area contributed by atoms with Gasteiger partial charge in [-0.25, -0.2) is 0 Å². The Morgan fingerprint density at radius 1 is 0.733 bits per heavy atom. The Kier molecular flexibility index (Phi) is 4.28. The highest BCUT2D eigenvalue weighted by Gasteiger charge is 2.19. The molecule has 0 aliphatic heterocycles. The van der Waals surface area contributed by atoms with Crippen molar-refractivity contribution < 1.29 is 12.4 Å². The number of ether oxygens (including phenoxy) is 1. The number of halogens is 2. The lowest BCUT2D eigenvalue weighted by Gasteiger charge is -2.17. The van der Waals surface area contributed by atoms with E-state index in [2.05, 4.69) is 32.5 Å². The van der Waals surface area contributed by atoms with Gasteiger partial charge in [0, 0.05) is 16.7 Å². The van der Waals surface area contributed by atoms with Crippen LogP contribution in [-0.2, 0) is 0 Å². The third-order valence-electron chi connectivity index (χ3n) is 2.40. The maximum Gasteiger partial charge on any atom is 0.179 e. The van der Waals surface area contributed by atoms with Crippen LogP contribution in [0.25, 0.3) is 0 Å². The molecule has 0 heterocycles. The second kappa shape index (κ2) is 5.07. The maximum atomic E-state index is 5.31. The van der Waals surface area contributed by atoms with E-state index in [1.54, 1.807) is 7.11 Å². The van der Waals surface area contributed by atoms with Crippen molar-refractivity contribution in [3.8, 4) is 17.2 Å². The zero-order valence-corrected chi connectivity index (χ0v) is 12.2. The first-order valence-electron chi connectivity index (χ1n) is 4.33. The molecule has 0 aromatic heterocycles. The van der Waals surface area contributed by atoms with E-state index in [-0.39, 0.29) is 0 Å². The molecule has 0 spiro atoms. The molecule has 1 aromatic rings. The summed E-state index contributed by atoms with van der Waals surface area (Å²) >= 11 is 5.97. The minimum atomic E-state index is 0.715. The summed E-state index contributed by atoms with van der Waals surface area (Å²) in [5.74, 6) is 2.20. The summed E-state index contributed by atoms with van der Waals surface area (Å²) < 4.78 is 15.6. The normalized spacial score (nSPS) is 10.0. The van der Waals surface area contributed by atoms with Crippen molar-refractivity contribution in [1.29, 1.82) is 0 Å². The molecule has 5 heteroatoms. The van der Waals surface area contributed by atoms with Crippen molar-refractivity contribution in [3.63, 3.8) is 0 Å². The van der Waals surface area contributed by atoms with E-state index in [4.69, 9.17) is 12.4 Å². The lowest BCUT2D eigenvalue weighted by atomic mass is 10.0. The van der Waals surface area contributed by atoms with Gasteiger partial charge in [-0.1, -0.05) is 0 Å². The molecular formula is C10H12Br2O3. The molecule has 0 fully saturated rings. The van der Waals surface area contributed by atoms with E-state index >= 15 is 0 Å². The van der Waals surface area contributed by atoms with Crippen LogP contribution >= 0.6 is 32.5 Å². The van der Waals surface area contributed by atoms with Gasteiger partial charge in [-0.05, 0) is 20.8 Å². The topological polar surface area (TPSA) is 27.7 Å². The second-order valence-electron chi connectivity index (χ2n) is 3.22. The van der Waals surface area contributed by atoms with E-state index < -0.39 is 0 Å². The van der Waals surface area contributed by atoms with Crippen molar-refractivity contribution in [1.82, 2.24) is 0 Å². The molecular weight excluding hydrogens is 328 g/mol. The van der Waals surface area contributed by atoms with Crippen LogP contribution in [0, 0.1) is 20.8 Å².